The van der Waals surface area contributed by atoms with Crippen molar-refractivity contribution in [3.05, 3.63) is 0 Å². The summed E-state index contributed by atoms with van der Waals surface area (Å²) in [5.74, 6) is 0. The first-order chi connectivity index (χ1) is 8.85. The Morgan fingerprint density at radius 1 is 0.889 bits per heavy atom. The van der Waals surface area contributed by atoms with E-state index in [4.69, 9.17) is 0 Å². The molecule has 0 bridgehead atoms. The van der Waals surface area contributed by atoms with E-state index in [1.54, 1.807) is 12.2 Å². The molecule has 102 valence electrons. The molecule has 0 aromatic heterocycles. The zero-order chi connectivity index (χ0) is 13.5. The van der Waals surface area contributed by atoms with Gasteiger partial charge in [0.15, 0.2) is 0 Å². The summed E-state index contributed by atoms with van der Waals surface area (Å²) in [7, 11) is 0. The van der Waals surface area contributed by atoms with Gasteiger partial charge in [-0.2, -0.15) is 0 Å². The molecule has 0 aliphatic carbocycles. The van der Waals surface area contributed by atoms with Crippen LogP contribution in [0.2, 0.25) is 0 Å². The van der Waals surface area contributed by atoms with Crippen LogP contribution in [0.4, 0.5) is 0 Å². The van der Waals surface area contributed by atoms with Crippen LogP contribution in [0.5, 0.6) is 0 Å². The van der Waals surface area contributed by atoms with Gasteiger partial charge in [-0.05, 0) is 19.3 Å². The van der Waals surface area contributed by atoms with Crippen LogP contribution in [0.25, 0.3) is 0 Å². The Morgan fingerprint density at radius 3 is 2.06 bits per heavy atom. The minimum absolute atomic E-state index is 0.170. The number of rotatable bonds is 12. The lowest BCUT2D eigenvalue weighted by Gasteiger charge is -2.06. The Hall–Kier alpha value is -1.24. The van der Waals surface area contributed by atoms with Crippen LogP contribution in [-0.4, -0.2) is 24.7 Å². The Bertz CT molecular complexity index is 280. The fraction of sp³-hybridized carbons (Fsp3) is 0.857. The molecule has 0 N–H and O–H groups in total. The van der Waals surface area contributed by atoms with Crippen molar-refractivity contribution in [2.24, 2.45) is 9.98 Å². The van der Waals surface area contributed by atoms with E-state index in [9.17, 15) is 9.59 Å². The third-order valence-corrected chi connectivity index (χ3v) is 3.08. The fourth-order valence-electron chi connectivity index (χ4n) is 1.93. The monoisotopic (exact) mass is 252 g/mol. The molecule has 0 rings (SSSR count). The highest BCUT2D eigenvalue weighted by molar-refractivity contribution is 5.33. The van der Waals surface area contributed by atoms with Crippen LogP contribution in [0, 0.1) is 0 Å². The zero-order valence-corrected chi connectivity index (χ0v) is 11.4. The van der Waals surface area contributed by atoms with Crippen LogP contribution < -0.4 is 0 Å². The molecule has 0 aliphatic rings. The zero-order valence-electron chi connectivity index (χ0n) is 11.4. The van der Waals surface area contributed by atoms with E-state index >= 15 is 0 Å². The summed E-state index contributed by atoms with van der Waals surface area (Å²) in [5.41, 5.74) is 0. The van der Waals surface area contributed by atoms with Gasteiger partial charge in [-0.15, -0.1) is 0 Å². The van der Waals surface area contributed by atoms with E-state index in [1.165, 1.54) is 25.7 Å². The minimum Gasteiger partial charge on any atom is -0.211 e. The van der Waals surface area contributed by atoms with E-state index in [0.717, 1.165) is 32.1 Å². The molecule has 18 heavy (non-hydrogen) atoms. The molecule has 0 spiro atoms. The lowest BCUT2D eigenvalue weighted by Crippen LogP contribution is -2.01. The van der Waals surface area contributed by atoms with Crippen molar-refractivity contribution in [2.45, 2.75) is 70.8 Å². The average Bonchev–Trinajstić information content (AvgIpc) is 2.39. The van der Waals surface area contributed by atoms with E-state index in [1.807, 2.05) is 6.92 Å². The number of nitrogens with zero attached hydrogens (tertiary/aromatic N) is 2. The number of hydrogen-bond acceptors (Lipinski definition) is 4. The van der Waals surface area contributed by atoms with Crippen molar-refractivity contribution in [3.63, 3.8) is 0 Å². The molecule has 1 unspecified atom stereocenters. The molecule has 0 saturated heterocycles. The van der Waals surface area contributed by atoms with E-state index in [2.05, 4.69) is 9.98 Å². The van der Waals surface area contributed by atoms with E-state index < -0.39 is 0 Å². The maximum absolute atomic E-state index is 10.1. The Balaban J connectivity index is 3.24. The SMILES string of the molecule is CCC(CCCCCCCCCN=C=O)N=C=O. The standard InChI is InChI=1S/C14H24N2O2/c1-2-14(16-13-18)10-8-6-4-3-5-7-9-11-15-12-17/h14H,2-11H2,1H3. The molecule has 1 atom stereocenters. The largest absolute Gasteiger partial charge is 0.235 e. The lowest BCUT2D eigenvalue weighted by atomic mass is 10.0. The Morgan fingerprint density at radius 2 is 1.50 bits per heavy atom. The second kappa shape index (κ2) is 13.8. The van der Waals surface area contributed by atoms with Gasteiger partial charge in [-0.1, -0.05) is 45.4 Å². The van der Waals surface area contributed by atoms with Crippen molar-refractivity contribution in [2.75, 3.05) is 6.54 Å². The van der Waals surface area contributed by atoms with Gasteiger partial charge in [0.05, 0.1) is 12.6 Å². The van der Waals surface area contributed by atoms with Crippen LogP contribution in [0.15, 0.2) is 9.98 Å². The molecule has 0 aromatic rings. The molecule has 4 nitrogen and oxygen atoms in total. The molecular formula is C14H24N2O2. The van der Waals surface area contributed by atoms with Gasteiger partial charge in [0.2, 0.25) is 12.2 Å². The van der Waals surface area contributed by atoms with Gasteiger partial charge >= 0.3 is 0 Å². The van der Waals surface area contributed by atoms with Gasteiger partial charge < -0.3 is 0 Å². The summed E-state index contributed by atoms with van der Waals surface area (Å²) < 4.78 is 0. The van der Waals surface area contributed by atoms with Gasteiger partial charge in [0.25, 0.3) is 0 Å². The summed E-state index contributed by atoms with van der Waals surface area (Å²) in [6.45, 7) is 2.67. The minimum atomic E-state index is 0.170. The van der Waals surface area contributed by atoms with Gasteiger partial charge in [-0.3, -0.25) is 0 Å². The van der Waals surface area contributed by atoms with Crippen LogP contribution in [0.3, 0.4) is 0 Å². The van der Waals surface area contributed by atoms with Gasteiger partial charge in [0.1, 0.15) is 0 Å². The highest BCUT2D eigenvalue weighted by Gasteiger charge is 2.02. The van der Waals surface area contributed by atoms with Crippen molar-refractivity contribution in [1.82, 2.24) is 0 Å². The average molecular weight is 252 g/mol. The number of hydrogen-bond donors (Lipinski definition) is 0. The van der Waals surface area contributed by atoms with Crippen LogP contribution >= 0.6 is 0 Å². The Kier molecular flexibility index (Phi) is 12.9. The topological polar surface area (TPSA) is 58.9 Å². The molecule has 0 heterocycles. The second-order valence-corrected chi connectivity index (χ2v) is 4.52. The van der Waals surface area contributed by atoms with Crippen LogP contribution in [0.1, 0.15) is 64.7 Å². The molecule has 0 aromatic carbocycles. The summed E-state index contributed by atoms with van der Waals surface area (Å²) in [5, 5.41) is 0. The highest BCUT2D eigenvalue weighted by atomic mass is 16.1. The number of isocyanates is 2. The first-order valence-electron chi connectivity index (χ1n) is 6.95. The first-order valence-corrected chi connectivity index (χ1v) is 6.95. The predicted octanol–water partition coefficient (Wildman–Crippen LogP) is 3.56. The molecule has 0 radical (unpaired) electrons. The Labute approximate surface area is 110 Å². The molecule has 0 fully saturated rings. The summed E-state index contributed by atoms with van der Waals surface area (Å²) in [6.07, 6.45) is 13.3. The summed E-state index contributed by atoms with van der Waals surface area (Å²) >= 11 is 0. The van der Waals surface area contributed by atoms with E-state index in [0.29, 0.717) is 6.54 Å². The molecule has 4 heteroatoms. The highest BCUT2D eigenvalue weighted by Crippen LogP contribution is 2.12. The maximum atomic E-state index is 10.1. The predicted molar refractivity (Wildman–Crippen MR) is 72.1 cm³/mol. The normalized spacial score (nSPS) is 11.4. The van der Waals surface area contributed by atoms with Crippen LogP contribution in [-0.2, 0) is 9.59 Å². The molecule has 0 aliphatic heterocycles. The third-order valence-electron chi connectivity index (χ3n) is 3.08. The van der Waals surface area contributed by atoms with Crippen molar-refractivity contribution >= 4 is 12.2 Å². The van der Waals surface area contributed by atoms with Crippen molar-refractivity contribution in [1.29, 1.82) is 0 Å². The fourth-order valence-corrected chi connectivity index (χ4v) is 1.93. The van der Waals surface area contributed by atoms with Gasteiger partial charge in [-0.25, -0.2) is 19.6 Å². The second-order valence-electron chi connectivity index (χ2n) is 4.52. The number of unbranched alkanes of at least 4 members (excludes halogenated alkanes) is 6. The molecule has 0 saturated carbocycles. The van der Waals surface area contributed by atoms with Crippen molar-refractivity contribution in [3.8, 4) is 0 Å². The smallest absolute Gasteiger partial charge is 0.211 e. The van der Waals surface area contributed by atoms with Crippen molar-refractivity contribution < 1.29 is 9.59 Å². The van der Waals surface area contributed by atoms with E-state index in [-0.39, 0.29) is 6.04 Å². The summed E-state index contributed by atoms with van der Waals surface area (Å²) in [6, 6.07) is 0.170. The third kappa shape index (κ3) is 11.3. The first kappa shape index (κ1) is 16.8. The number of aliphatic imine (C=N–C) groups is 2. The lowest BCUT2D eigenvalue weighted by molar-refractivity contribution is 0.512. The quantitative estimate of drug-likeness (QED) is 0.303. The number of carbonyl (C=O) groups excluding carboxylic acids is 2. The molecular weight excluding hydrogens is 228 g/mol. The summed E-state index contributed by atoms with van der Waals surface area (Å²) in [4.78, 5) is 27.2. The van der Waals surface area contributed by atoms with Gasteiger partial charge in [0, 0.05) is 0 Å². The maximum Gasteiger partial charge on any atom is 0.235 e. The molecule has 0 amide bonds.